The van der Waals surface area contributed by atoms with Gasteiger partial charge in [-0.05, 0) is 49.4 Å². The molecule has 286 valence electrons. The van der Waals surface area contributed by atoms with Crippen molar-refractivity contribution in [3.8, 4) is 0 Å². The fourth-order valence-electron chi connectivity index (χ4n) is 8.25. The van der Waals surface area contributed by atoms with Crippen LogP contribution in [-0.4, -0.2) is 143 Å². The highest BCUT2D eigenvalue weighted by molar-refractivity contribution is 6.28. The maximum Gasteiger partial charge on any atom is 0.261 e. The highest BCUT2D eigenvalue weighted by atomic mass is 16.5. The van der Waals surface area contributed by atoms with Crippen LogP contribution in [0, 0.1) is 0 Å². The van der Waals surface area contributed by atoms with E-state index < -0.39 is 0 Å². The van der Waals surface area contributed by atoms with Crippen molar-refractivity contribution in [3.63, 3.8) is 0 Å². The van der Waals surface area contributed by atoms with Crippen LogP contribution >= 0.6 is 0 Å². The summed E-state index contributed by atoms with van der Waals surface area (Å²) in [7, 11) is 0. The van der Waals surface area contributed by atoms with Crippen molar-refractivity contribution in [2.24, 2.45) is 5.73 Å². The van der Waals surface area contributed by atoms with Crippen LogP contribution in [0.5, 0.6) is 0 Å². The van der Waals surface area contributed by atoms with Gasteiger partial charge in [-0.2, -0.15) is 0 Å². The molecule has 0 spiro atoms. The number of amides is 5. The molecule has 0 aliphatic carbocycles. The van der Waals surface area contributed by atoms with E-state index in [0.717, 1.165) is 48.3 Å². The molecule has 4 heterocycles. The third-order valence-corrected chi connectivity index (χ3v) is 11.1. The SMILES string of the molecule is NCC(=O)N(CCCNCCN1C(=O)c2cccc3c(N4CCOCC4)ccc(c23)C1=O)CCN1C(=O)c2cccc3c(N4CCOCC4)ccc(c23)C1=O. The van der Waals surface area contributed by atoms with Gasteiger partial charge in [-0.3, -0.25) is 33.8 Å². The van der Waals surface area contributed by atoms with E-state index in [-0.39, 0.29) is 55.7 Å². The monoisotopic (exact) mass is 747 g/mol. The Hall–Kier alpha value is -5.41. The Balaban J connectivity index is 0.861. The van der Waals surface area contributed by atoms with Gasteiger partial charge < -0.3 is 35.2 Å². The summed E-state index contributed by atoms with van der Waals surface area (Å²) in [4.78, 5) is 76.1. The average Bonchev–Trinajstić information content (AvgIpc) is 3.23. The molecule has 2 fully saturated rings. The number of hydrogen-bond donors (Lipinski definition) is 2. The minimum absolute atomic E-state index is 0.0270. The number of carbonyl (C=O) groups excluding carboxylic acids is 5. The van der Waals surface area contributed by atoms with E-state index in [9.17, 15) is 24.0 Å². The smallest absolute Gasteiger partial charge is 0.261 e. The van der Waals surface area contributed by atoms with E-state index in [0.29, 0.717) is 85.5 Å². The zero-order valence-electron chi connectivity index (χ0n) is 30.8. The van der Waals surface area contributed by atoms with Crippen molar-refractivity contribution >= 4 is 62.5 Å². The van der Waals surface area contributed by atoms with Crippen molar-refractivity contribution in [3.05, 3.63) is 82.9 Å². The molecule has 2 saturated heterocycles. The molecular weight excluding hydrogens is 702 g/mol. The number of hydrogen-bond acceptors (Lipinski definition) is 11. The zero-order chi connectivity index (χ0) is 38.1. The molecule has 55 heavy (non-hydrogen) atoms. The number of nitrogens with two attached hydrogens (primary N) is 1. The molecular formula is C41H45N7O7. The minimum Gasteiger partial charge on any atom is -0.378 e. The van der Waals surface area contributed by atoms with Crippen LogP contribution < -0.4 is 20.9 Å². The third-order valence-electron chi connectivity index (χ3n) is 11.1. The molecule has 0 aromatic heterocycles. The average molecular weight is 748 g/mol. The molecule has 4 aromatic rings. The van der Waals surface area contributed by atoms with Gasteiger partial charge in [0.1, 0.15) is 0 Å². The number of ether oxygens (including phenoxy) is 2. The Bertz CT molecular complexity index is 2140. The normalized spacial score (nSPS) is 17.2. The lowest BCUT2D eigenvalue weighted by atomic mass is 9.92. The van der Waals surface area contributed by atoms with Gasteiger partial charge in [0, 0.05) is 114 Å². The van der Waals surface area contributed by atoms with Gasteiger partial charge in [-0.1, -0.05) is 24.3 Å². The number of benzene rings is 4. The summed E-state index contributed by atoms with van der Waals surface area (Å²) in [5, 5.41) is 6.40. The molecule has 4 aliphatic heterocycles. The van der Waals surface area contributed by atoms with E-state index in [4.69, 9.17) is 15.2 Å². The minimum atomic E-state index is -0.387. The first-order valence-corrected chi connectivity index (χ1v) is 19.0. The van der Waals surface area contributed by atoms with E-state index in [1.807, 2.05) is 42.5 Å². The van der Waals surface area contributed by atoms with Crippen molar-refractivity contribution in [2.75, 3.05) is 108 Å². The summed E-state index contributed by atoms with van der Waals surface area (Å²) in [5.41, 5.74) is 9.68. The van der Waals surface area contributed by atoms with Gasteiger partial charge >= 0.3 is 0 Å². The molecule has 14 heteroatoms. The number of nitrogens with one attached hydrogen (secondary N) is 1. The number of carbonyl (C=O) groups is 5. The topological polar surface area (TPSA) is 158 Å². The molecule has 5 amide bonds. The molecule has 0 radical (unpaired) electrons. The van der Waals surface area contributed by atoms with Crippen molar-refractivity contribution < 1.29 is 33.4 Å². The van der Waals surface area contributed by atoms with Crippen LogP contribution in [0.15, 0.2) is 60.7 Å². The van der Waals surface area contributed by atoms with E-state index >= 15 is 0 Å². The van der Waals surface area contributed by atoms with Gasteiger partial charge in [0.2, 0.25) is 5.91 Å². The lowest BCUT2D eigenvalue weighted by Crippen LogP contribution is -2.47. The molecule has 0 unspecified atom stereocenters. The van der Waals surface area contributed by atoms with Crippen LogP contribution in [0.1, 0.15) is 47.9 Å². The Morgan fingerprint density at radius 1 is 0.618 bits per heavy atom. The van der Waals surface area contributed by atoms with Crippen molar-refractivity contribution in [1.82, 2.24) is 20.0 Å². The molecule has 8 rings (SSSR count). The van der Waals surface area contributed by atoms with Crippen molar-refractivity contribution in [1.29, 1.82) is 0 Å². The fourth-order valence-corrected chi connectivity index (χ4v) is 8.25. The van der Waals surface area contributed by atoms with Crippen LogP contribution in [0.3, 0.4) is 0 Å². The highest BCUT2D eigenvalue weighted by Crippen LogP contribution is 2.38. The summed E-state index contributed by atoms with van der Waals surface area (Å²) in [6.07, 6.45) is 0.550. The lowest BCUT2D eigenvalue weighted by Gasteiger charge is -2.33. The second-order valence-electron chi connectivity index (χ2n) is 14.1. The van der Waals surface area contributed by atoms with Crippen LogP contribution in [0.4, 0.5) is 11.4 Å². The fraction of sp³-hybridized carbons (Fsp3) is 0.390. The predicted octanol–water partition coefficient (Wildman–Crippen LogP) is 2.33. The number of nitrogens with zero attached hydrogens (tertiary/aromatic N) is 5. The Morgan fingerprint density at radius 3 is 1.58 bits per heavy atom. The highest BCUT2D eigenvalue weighted by Gasteiger charge is 2.35. The Morgan fingerprint density at radius 2 is 1.09 bits per heavy atom. The summed E-state index contributed by atoms with van der Waals surface area (Å²) in [6.45, 7) is 6.82. The molecule has 4 aromatic carbocycles. The van der Waals surface area contributed by atoms with Crippen LogP contribution in [-0.2, 0) is 14.3 Å². The van der Waals surface area contributed by atoms with Gasteiger partial charge in [0.15, 0.2) is 0 Å². The van der Waals surface area contributed by atoms with Crippen molar-refractivity contribution in [2.45, 2.75) is 6.42 Å². The second-order valence-corrected chi connectivity index (χ2v) is 14.1. The van der Waals surface area contributed by atoms with Crippen LogP contribution in [0.2, 0.25) is 0 Å². The summed E-state index contributed by atoms with van der Waals surface area (Å²) >= 11 is 0. The van der Waals surface area contributed by atoms with E-state index in [1.54, 1.807) is 23.1 Å². The maximum absolute atomic E-state index is 13.7. The van der Waals surface area contributed by atoms with Gasteiger partial charge in [0.25, 0.3) is 23.6 Å². The van der Waals surface area contributed by atoms with E-state index in [1.165, 1.54) is 9.80 Å². The first kappa shape index (κ1) is 36.6. The molecule has 14 nitrogen and oxygen atoms in total. The number of morpholine rings is 2. The zero-order valence-corrected chi connectivity index (χ0v) is 30.8. The molecule has 0 atom stereocenters. The predicted molar refractivity (Wildman–Crippen MR) is 208 cm³/mol. The number of imide groups is 2. The molecule has 4 aliphatic rings. The summed E-state index contributed by atoms with van der Waals surface area (Å²) < 4.78 is 11.0. The molecule has 3 N–H and O–H groups in total. The van der Waals surface area contributed by atoms with Gasteiger partial charge in [0.05, 0.1) is 33.0 Å². The third kappa shape index (κ3) is 6.79. The van der Waals surface area contributed by atoms with E-state index in [2.05, 4.69) is 15.1 Å². The Labute approximate surface area is 318 Å². The summed E-state index contributed by atoms with van der Waals surface area (Å²) in [6, 6.07) is 18.7. The maximum atomic E-state index is 13.7. The second kappa shape index (κ2) is 15.7. The standard InChI is InChI=1S/C41H45N7O7/c42-26-35(49)46(16-17-48-39(51)30-7-2-5-28-34(45-20-24-55-25-21-45)11-9-32(37(28)30)41(48)53)14-3-12-43-13-15-47-38(50)29-6-1-4-27-33(44-18-22-54-23-19-44)10-8-31(36(27)29)40(47)52/h1-2,4-11,43H,3,12-26,42H2. The quantitative estimate of drug-likeness (QED) is 0.153. The van der Waals surface area contributed by atoms with Crippen LogP contribution in [0.25, 0.3) is 21.5 Å². The first-order valence-electron chi connectivity index (χ1n) is 19.0. The number of anilines is 2. The van der Waals surface area contributed by atoms with Gasteiger partial charge in [-0.25, -0.2) is 0 Å². The van der Waals surface area contributed by atoms with Gasteiger partial charge in [-0.15, -0.1) is 0 Å². The number of rotatable bonds is 13. The summed E-state index contributed by atoms with van der Waals surface area (Å²) in [5.74, 6) is -1.70. The molecule has 0 saturated carbocycles. The first-order chi connectivity index (χ1) is 26.9. The molecule has 0 bridgehead atoms. The lowest BCUT2D eigenvalue weighted by molar-refractivity contribution is -0.129. The largest absolute Gasteiger partial charge is 0.378 e. The Kier molecular flexibility index (Phi) is 10.5.